The number of rotatable bonds is 3. The lowest BCUT2D eigenvalue weighted by Crippen LogP contribution is -2.40. The van der Waals surface area contributed by atoms with Gasteiger partial charge in [-0.2, -0.15) is 5.26 Å². The molecule has 0 bridgehead atoms. The van der Waals surface area contributed by atoms with Crippen LogP contribution >= 0.6 is 0 Å². The van der Waals surface area contributed by atoms with Crippen LogP contribution in [0.2, 0.25) is 0 Å². The number of anilines is 1. The van der Waals surface area contributed by atoms with Gasteiger partial charge in [0.15, 0.2) is 0 Å². The molecule has 5 heteroatoms. The summed E-state index contributed by atoms with van der Waals surface area (Å²) in [7, 11) is 0. The van der Waals surface area contributed by atoms with E-state index in [4.69, 9.17) is 10.00 Å². The van der Waals surface area contributed by atoms with Crippen molar-refractivity contribution in [3.8, 4) is 6.07 Å². The van der Waals surface area contributed by atoms with Crippen molar-refractivity contribution in [1.29, 1.82) is 5.26 Å². The van der Waals surface area contributed by atoms with Crippen LogP contribution in [-0.4, -0.2) is 36.0 Å². The van der Waals surface area contributed by atoms with Crippen LogP contribution in [0.15, 0.2) is 18.2 Å². The predicted molar refractivity (Wildman–Crippen MR) is 78.7 cm³/mol. The maximum absolute atomic E-state index is 10.7. The number of aliphatic hydroxyl groups excluding tert-OH is 1. The van der Waals surface area contributed by atoms with Crippen LogP contribution in [0, 0.1) is 22.7 Å². The second kappa shape index (κ2) is 6.00. The van der Waals surface area contributed by atoms with Crippen LogP contribution in [0.5, 0.6) is 0 Å². The Morgan fingerprint density at radius 3 is 2.95 bits per heavy atom. The van der Waals surface area contributed by atoms with Gasteiger partial charge in [-0.25, -0.2) is 4.98 Å². The first-order chi connectivity index (χ1) is 10.2. The minimum Gasteiger partial charge on any atom is -0.392 e. The van der Waals surface area contributed by atoms with E-state index in [9.17, 15) is 5.11 Å². The van der Waals surface area contributed by atoms with Crippen LogP contribution in [-0.2, 0) is 4.74 Å². The number of nitrogens with one attached hydrogen (secondary N) is 1. The normalized spacial score (nSPS) is 27.4. The molecule has 1 saturated carbocycles. The van der Waals surface area contributed by atoms with Crippen LogP contribution < -0.4 is 5.32 Å². The number of nitriles is 1. The molecule has 112 valence electrons. The van der Waals surface area contributed by atoms with Gasteiger partial charge in [0.1, 0.15) is 17.6 Å². The van der Waals surface area contributed by atoms with Gasteiger partial charge in [-0.05, 0) is 37.8 Å². The number of aromatic nitrogens is 1. The van der Waals surface area contributed by atoms with Gasteiger partial charge in [0.25, 0.3) is 0 Å². The second-order valence-electron chi connectivity index (χ2n) is 6.12. The van der Waals surface area contributed by atoms with Crippen LogP contribution in [0.25, 0.3) is 0 Å². The zero-order chi connectivity index (χ0) is 14.7. The summed E-state index contributed by atoms with van der Waals surface area (Å²) < 4.78 is 5.43. The maximum atomic E-state index is 10.7. The molecule has 1 saturated heterocycles. The molecule has 1 spiro atoms. The molecule has 0 amide bonds. The Hall–Kier alpha value is -1.64. The van der Waals surface area contributed by atoms with Crippen molar-refractivity contribution in [2.75, 3.05) is 25.1 Å². The molecule has 2 atom stereocenters. The molecule has 2 aliphatic rings. The van der Waals surface area contributed by atoms with E-state index in [-0.39, 0.29) is 17.4 Å². The zero-order valence-corrected chi connectivity index (χ0v) is 12.1. The van der Waals surface area contributed by atoms with Gasteiger partial charge in [-0.1, -0.05) is 6.07 Å². The molecule has 2 fully saturated rings. The molecule has 0 aromatic carbocycles. The molecule has 3 rings (SSSR count). The van der Waals surface area contributed by atoms with Crippen molar-refractivity contribution in [2.24, 2.45) is 11.3 Å². The zero-order valence-electron chi connectivity index (χ0n) is 12.1. The number of ether oxygens (including phenoxy) is 1. The molecular formula is C16H21N3O2. The highest BCUT2D eigenvalue weighted by Gasteiger charge is 2.47. The topological polar surface area (TPSA) is 78.2 Å². The first-order valence-electron chi connectivity index (χ1n) is 7.60. The van der Waals surface area contributed by atoms with Gasteiger partial charge >= 0.3 is 0 Å². The van der Waals surface area contributed by atoms with Crippen LogP contribution in [0.3, 0.4) is 0 Å². The van der Waals surface area contributed by atoms with Crippen molar-refractivity contribution in [3.63, 3.8) is 0 Å². The molecule has 5 nitrogen and oxygen atoms in total. The SMILES string of the molecule is N#Cc1cccc(NCC2CCC3(CCOCC3)C2O)n1. The van der Waals surface area contributed by atoms with Crippen molar-refractivity contribution < 1.29 is 9.84 Å². The first kappa shape index (κ1) is 14.3. The minimum absolute atomic E-state index is 0.0620. The summed E-state index contributed by atoms with van der Waals surface area (Å²) >= 11 is 0. The largest absolute Gasteiger partial charge is 0.392 e. The lowest BCUT2D eigenvalue weighted by molar-refractivity contribution is -0.0545. The lowest BCUT2D eigenvalue weighted by atomic mass is 9.76. The number of hydrogen-bond acceptors (Lipinski definition) is 5. The van der Waals surface area contributed by atoms with E-state index in [1.807, 2.05) is 18.2 Å². The number of pyridine rings is 1. The summed E-state index contributed by atoms with van der Waals surface area (Å²) in [5.41, 5.74) is 0.472. The van der Waals surface area contributed by atoms with E-state index >= 15 is 0 Å². The number of aliphatic hydroxyl groups is 1. The number of nitrogens with zero attached hydrogens (tertiary/aromatic N) is 2. The highest BCUT2D eigenvalue weighted by Crippen LogP contribution is 2.48. The Labute approximate surface area is 125 Å². The fraction of sp³-hybridized carbons (Fsp3) is 0.625. The summed E-state index contributed by atoms with van der Waals surface area (Å²) in [4.78, 5) is 4.21. The van der Waals surface area contributed by atoms with Gasteiger partial charge in [0.05, 0.1) is 6.10 Å². The van der Waals surface area contributed by atoms with Gasteiger partial charge < -0.3 is 15.2 Å². The minimum atomic E-state index is -0.270. The lowest BCUT2D eigenvalue weighted by Gasteiger charge is -2.37. The fourth-order valence-corrected chi connectivity index (χ4v) is 3.65. The van der Waals surface area contributed by atoms with Gasteiger partial charge in [-0.3, -0.25) is 0 Å². The molecule has 1 aromatic heterocycles. The molecule has 2 unspecified atom stereocenters. The molecule has 1 aliphatic carbocycles. The van der Waals surface area contributed by atoms with E-state index in [2.05, 4.69) is 10.3 Å². The summed E-state index contributed by atoms with van der Waals surface area (Å²) in [5.74, 6) is 0.949. The van der Waals surface area contributed by atoms with Crippen molar-refractivity contribution >= 4 is 5.82 Å². The van der Waals surface area contributed by atoms with Gasteiger partial charge in [0.2, 0.25) is 0 Å². The number of hydrogen-bond donors (Lipinski definition) is 2. The van der Waals surface area contributed by atoms with Crippen molar-refractivity contribution in [3.05, 3.63) is 23.9 Å². The van der Waals surface area contributed by atoms with Crippen LogP contribution in [0.4, 0.5) is 5.82 Å². The Bertz CT molecular complexity index is 535. The highest BCUT2D eigenvalue weighted by molar-refractivity contribution is 5.38. The summed E-state index contributed by atoms with van der Waals surface area (Å²) in [6.07, 6.45) is 3.77. The summed E-state index contributed by atoms with van der Waals surface area (Å²) in [5, 5.41) is 22.8. The van der Waals surface area contributed by atoms with Crippen molar-refractivity contribution in [1.82, 2.24) is 4.98 Å². The Balaban J connectivity index is 1.60. The van der Waals surface area contributed by atoms with E-state index in [1.165, 1.54) is 0 Å². The first-order valence-corrected chi connectivity index (χ1v) is 7.60. The highest BCUT2D eigenvalue weighted by atomic mass is 16.5. The Morgan fingerprint density at radius 1 is 1.38 bits per heavy atom. The predicted octanol–water partition coefficient (Wildman–Crippen LogP) is 1.93. The van der Waals surface area contributed by atoms with Gasteiger partial charge in [0, 0.05) is 31.1 Å². The summed E-state index contributed by atoms with van der Waals surface area (Å²) in [6, 6.07) is 7.40. The van der Waals surface area contributed by atoms with E-state index in [0.717, 1.165) is 38.9 Å². The van der Waals surface area contributed by atoms with Crippen molar-refractivity contribution in [2.45, 2.75) is 31.8 Å². The monoisotopic (exact) mass is 287 g/mol. The fourth-order valence-electron chi connectivity index (χ4n) is 3.65. The maximum Gasteiger partial charge on any atom is 0.142 e. The van der Waals surface area contributed by atoms with E-state index < -0.39 is 0 Å². The quantitative estimate of drug-likeness (QED) is 0.888. The average molecular weight is 287 g/mol. The molecule has 21 heavy (non-hydrogen) atoms. The molecule has 0 radical (unpaired) electrons. The average Bonchev–Trinajstić information content (AvgIpc) is 2.83. The van der Waals surface area contributed by atoms with Crippen LogP contribution in [0.1, 0.15) is 31.4 Å². The Kier molecular flexibility index (Phi) is 4.09. The molecule has 1 aromatic rings. The third kappa shape index (κ3) is 2.87. The molecule has 2 N–H and O–H groups in total. The third-order valence-corrected chi connectivity index (χ3v) is 4.98. The van der Waals surface area contributed by atoms with E-state index in [0.29, 0.717) is 18.1 Å². The second-order valence-corrected chi connectivity index (χ2v) is 6.12. The van der Waals surface area contributed by atoms with E-state index in [1.54, 1.807) is 6.07 Å². The smallest absolute Gasteiger partial charge is 0.142 e. The summed E-state index contributed by atoms with van der Waals surface area (Å²) in [6.45, 7) is 2.23. The standard InChI is InChI=1S/C16H21N3O2/c17-10-13-2-1-3-14(19-13)18-11-12-4-5-16(15(12)20)6-8-21-9-7-16/h1-3,12,15,20H,4-9,11H2,(H,18,19). The molecule has 2 heterocycles. The molecular weight excluding hydrogens is 266 g/mol. The molecule has 1 aliphatic heterocycles. The Morgan fingerprint density at radius 2 is 2.19 bits per heavy atom. The third-order valence-electron chi connectivity index (χ3n) is 4.98. The van der Waals surface area contributed by atoms with Gasteiger partial charge in [-0.15, -0.1) is 0 Å².